The van der Waals surface area contributed by atoms with Crippen molar-refractivity contribution in [2.24, 2.45) is 5.92 Å². The molecule has 3 rings (SSSR count). The Morgan fingerprint density at radius 2 is 2.37 bits per heavy atom. The molecule has 1 aromatic rings. The van der Waals surface area contributed by atoms with Crippen molar-refractivity contribution in [2.45, 2.75) is 51.5 Å². The van der Waals surface area contributed by atoms with Gasteiger partial charge in [-0.2, -0.15) is 0 Å². The minimum atomic E-state index is 0.149. The van der Waals surface area contributed by atoms with Gasteiger partial charge < -0.3 is 5.32 Å². The molecule has 1 N–H and O–H groups in total. The van der Waals surface area contributed by atoms with Crippen LogP contribution in [0, 0.1) is 5.92 Å². The van der Waals surface area contributed by atoms with Gasteiger partial charge >= 0.3 is 0 Å². The molecular formula is C15H23N3O. The summed E-state index contributed by atoms with van der Waals surface area (Å²) in [4.78, 5) is 16.9. The second-order valence-corrected chi connectivity index (χ2v) is 6.04. The highest BCUT2D eigenvalue weighted by Gasteiger charge is 2.20. The summed E-state index contributed by atoms with van der Waals surface area (Å²) in [6.45, 7) is 5.29. The molecule has 4 heteroatoms. The second-order valence-electron chi connectivity index (χ2n) is 6.04. The zero-order chi connectivity index (χ0) is 13.2. The first kappa shape index (κ1) is 12.9. The number of nitrogens with one attached hydrogen (secondary N) is 1. The molecule has 0 aliphatic carbocycles. The highest BCUT2D eigenvalue weighted by molar-refractivity contribution is 5.09. The van der Waals surface area contributed by atoms with Crippen LogP contribution >= 0.6 is 0 Å². The molecule has 4 nitrogen and oxygen atoms in total. The normalized spacial score (nSPS) is 26.4. The summed E-state index contributed by atoms with van der Waals surface area (Å²) >= 11 is 0. The minimum absolute atomic E-state index is 0.149. The van der Waals surface area contributed by atoms with E-state index >= 15 is 0 Å². The van der Waals surface area contributed by atoms with Crippen molar-refractivity contribution in [3.05, 3.63) is 27.9 Å². The fourth-order valence-electron chi connectivity index (χ4n) is 3.30. The van der Waals surface area contributed by atoms with Gasteiger partial charge in [-0.1, -0.05) is 6.92 Å². The molecule has 1 aromatic heterocycles. The monoisotopic (exact) mass is 261 g/mol. The quantitative estimate of drug-likeness (QED) is 0.900. The van der Waals surface area contributed by atoms with E-state index < -0.39 is 0 Å². The van der Waals surface area contributed by atoms with Crippen LogP contribution in [0.5, 0.6) is 0 Å². The lowest BCUT2D eigenvalue weighted by Gasteiger charge is -2.23. The van der Waals surface area contributed by atoms with Crippen LogP contribution in [-0.4, -0.2) is 22.6 Å². The van der Waals surface area contributed by atoms with Crippen molar-refractivity contribution >= 4 is 0 Å². The summed E-state index contributed by atoms with van der Waals surface area (Å²) in [7, 11) is 0. The van der Waals surface area contributed by atoms with Crippen LogP contribution in [0.3, 0.4) is 0 Å². The molecule has 0 radical (unpaired) electrons. The van der Waals surface area contributed by atoms with Crippen molar-refractivity contribution in [2.75, 3.05) is 13.1 Å². The number of aromatic nitrogens is 2. The number of nitrogens with zero attached hydrogens (tertiary/aromatic N) is 2. The van der Waals surface area contributed by atoms with Gasteiger partial charge in [0, 0.05) is 24.2 Å². The Morgan fingerprint density at radius 1 is 1.47 bits per heavy atom. The second kappa shape index (κ2) is 5.45. The van der Waals surface area contributed by atoms with E-state index in [4.69, 9.17) is 4.98 Å². The van der Waals surface area contributed by atoms with Gasteiger partial charge in [-0.15, -0.1) is 0 Å². The minimum Gasteiger partial charge on any atom is -0.316 e. The summed E-state index contributed by atoms with van der Waals surface area (Å²) in [5.74, 6) is 2.20. The molecule has 1 fully saturated rings. The van der Waals surface area contributed by atoms with E-state index in [0.29, 0.717) is 5.92 Å². The van der Waals surface area contributed by atoms with E-state index in [1.165, 1.54) is 6.42 Å². The van der Waals surface area contributed by atoms with Gasteiger partial charge in [0.1, 0.15) is 5.82 Å². The molecule has 104 valence electrons. The summed E-state index contributed by atoms with van der Waals surface area (Å²) in [5.41, 5.74) is 1.15. The Balaban J connectivity index is 1.76. The highest BCUT2D eigenvalue weighted by atomic mass is 16.1. The molecule has 1 saturated heterocycles. The number of hydrogen-bond donors (Lipinski definition) is 1. The van der Waals surface area contributed by atoms with Crippen LogP contribution in [0.2, 0.25) is 0 Å². The van der Waals surface area contributed by atoms with Crippen molar-refractivity contribution in [1.82, 2.24) is 14.9 Å². The average molecular weight is 261 g/mol. The van der Waals surface area contributed by atoms with Crippen LogP contribution in [0.1, 0.15) is 50.0 Å². The summed E-state index contributed by atoms with van der Waals surface area (Å²) < 4.78 is 1.87. The van der Waals surface area contributed by atoms with Crippen LogP contribution in [0.15, 0.2) is 10.9 Å². The SMILES string of the molecule is CC1CCCn2c1nc(CCC1CCNC1)cc2=O. The van der Waals surface area contributed by atoms with Gasteiger partial charge in [0.15, 0.2) is 0 Å². The average Bonchev–Trinajstić information content (AvgIpc) is 2.91. The Labute approximate surface area is 114 Å². The lowest BCUT2D eigenvalue weighted by molar-refractivity contribution is 0.437. The number of aryl methyl sites for hydroxylation is 1. The number of fused-ring (bicyclic) bond motifs is 1. The Hall–Kier alpha value is -1.16. The van der Waals surface area contributed by atoms with Gasteiger partial charge in [0.2, 0.25) is 0 Å². The lowest BCUT2D eigenvalue weighted by Crippen LogP contribution is -2.30. The van der Waals surface area contributed by atoms with Gasteiger partial charge in [-0.3, -0.25) is 9.36 Å². The van der Waals surface area contributed by atoms with Crippen molar-refractivity contribution < 1.29 is 0 Å². The van der Waals surface area contributed by atoms with Crippen LogP contribution in [0.25, 0.3) is 0 Å². The lowest BCUT2D eigenvalue weighted by atomic mass is 9.99. The maximum absolute atomic E-state index is 12.1. The summed E-state index contributed by atoms with van der Waals surface area (Å²) in [6.07, 6.45) is 5.62. The molecule has 0 spiro atoms. The van der Waals surface area contributed by atoms with E-state index in [1.54, 1.807) is 6.07 Å². The van der Waals surface area contributed by atoms with Crippen LogP contribution in [-0.2, 0) is 13.0 Å². The first-order chi connectivity index (χ1) is 9.24. The predicted octanol–water partition coefficient (Wildman–Crippen LogP) is 1.68. The smallest absolute Gasteiger partial charge is 0.253 e. The molecule has 2 aliphatic heterocycles. The van der Waals surface area contributed by atoms with Crippen molar-refractivity contribution in [3.63, 3.8) is 0 Å². The zero-order valence-electron chi connectivity index (χ0n) is 11.7. The topological polar surface area (TPSA) is 46.9 Å². The molecule has 0 aromatic carbocycles. The standard InChI is InChI=1S/C15H23N3O/c1-11-3-2-8-18-14(19)9-13(17-15(11)18)5-4-12-6-7-16-10-12/h9,11-12,16H,2-8,10H2,1H3. The molecular weight excluding hydrogens is 238 g/mol. The zero-order valence-corrected chi connectivity index (χ0v) is 11.7. The largest absolute Gasteiger partial charge is 0.316 e. The van der Waals surface area contributed by atoms with Gasteiger partial charge in [-0.05, 0) is 51.1 Å². The summed E-state index contributed by atoms with van der Waals surface area (Å²) in [6, 6.07) is 1.75. The Bertz CT molecular complexity index is 503. The Kier molecular flexibility index (Phi) is 3.69. The molecule has 0 amide bonds. The molecule has 19 heavy (non-hydrogen) atoms. The summed E-state index contributed by atoms with van der Waals surface area (Å²) in [5, 5.41) is 3.39. The van der Waals surface area contributed by atoms with Crippen molar-refractivity contribution in [1.29, 1.82) is 0 Å². The Morgan fingerprint density at radius 3 is 3.16 bits per heavy atom. The molecule has 0 saturated carbocycles. The van der Waals surface area contributed by atoms with Gasteiger partial charge in [0.25, 0.3) is 5.56 Å². The molecule has 2 atom stereocenters. The highest BCUT2D eigenvalue weighted by Crippen LogP contribution is 2.24. The predicted molar refractivity (Wildman–Crippen MR) is 75.4 cm³/mol. The van der Waals surface area contributed by atoms with Crippen LogP contribution in [0.4, 0.5) is 0 Å². The molecule has 0 bridgehead atoms. The van der Waals surface area contributed by atoms with E-state index in [9.17, 15) is 4.79 Å². The van der Waals surface area contributed by atoms with E-state index in [1.807, 2.05) is 4.57 Å². The third-order valence-corrected chi connectivity index (χ3v) is 4.52. The number of hydrogen-bond acceptors (Lipinski definition) is 3. The van der Waals surface area contributed by atoms with E-state index in [0.717, 1.165) is 62.8 Å². The molecule has 3 heterocycles. The van der Waals surface area contributed by atoms with Gasteiger partial charge in [-0.25, -0.2) is 4.98 Å². The maximum Gasteiger partial charge on any atom is 0.253 e. The third-order valence-electron chi connectivity index (χ3n) is 4.52. The fraction of sp³-hybridized carbons (Fsp3) is 0.733. The van der Waals surface area contributed by atoms with E-state index in [2.05, 4.69) is 12.2 Å². The van der Waals surface area contributed by atoms with Crippen molar-refractivity contribution in [3.8, 4) is 0 Å². The maximum atomic E-state index is 12.1. The fourth-order valence-corrected chi connectivity index (χ4v) is 3.30. The molecule has 2 unspecified atom stereocenters. The van der Waals surface area contributed by atoms with Gasteiger partial charge in [0.05, 0.1) is 0 Å². The first-order valence-corrected chi connectivity index (χ1v) is 7.55. The van der Waals surface area contributed by atoms with Crippen LogP contribution < -0.4 is 10.9 Å². The molecule has 2 aliphatic rings. The third kappa shape index (κ3) is 2.73. The van der Waals surface area contributed by atoms with E-state index in [-0.39, 0.29) is 5.56 Å². The number of rotatable bonds is 3. The first-order valence-electron chi connectivity index (χ1n) is 7.55.